The molecule has 0 saturated carbocycles. The largest absolute Gasteiger partial charge is 0.493 e. The molecule has 4 aromatic rings. The van der Waals surface area contributed by atoms with Crippen molar-refractivity contribution in [3.8, 4) is 17.4 Å². The first-order valence-corrected chi connectivity index (χ1v) is 13.4. The van der Waals surface area contributed by atoms with Gasteiger partial charge in [0.25, 0.3) is 5.91 Å². The predicted molar refractivity (Wildman–Crippen MR) is 154 cm³/mol. The van der Waals surface area contributed by atoms with Crippen LogP contribution in [0.1, 0.15) is 41.9 Å². The molecule has 0 fully saturated rings. The van der Waals surface area contributed by atoms with Gasteiger partial charge < -0.3 is 24.1 Å². The van der Waals surface area contributed by atoms with Gasteiger partial charge in [-0.05, 0) is 42.7 Å². The zero-order valence-corrected chi connectivity index (χ0v) is 23.6. The van der Waals surface area contributed by atoms with Crippen LogP contribution in [0.3, 0.4) is 0 Å². The number of methoxy groups -OCH3 is 2. The van der Waals surface area contributed by atoms with Crippen molar-refractivity contribution in [3.05, 3.63) is 87.4 Å². The van der Waals surface area contributed by atoms with Gasteiger partial charge in [-0.15, -0.1) is 0 Å². The van der Waals surface area contributed by atoms with Gasteiger partial charge in [0.15, 0.2) is 17.6 Å². The number of aryl methyl sites for hydroxylation is 2. The number of pyridine rings is 1. The highest BCUT2D eigenvalue weighted by Gasteiger charge is 2.25. The molecule has 10 heteroatoms. The number of halogens is 1. The molecule has 2 aromatic carbocycles. The zero-order valence-electron chi connectivity index (χ0n) is 23.6. The fourth-order valence-corrected chi connectivity index (χ4v) is 5.12. The second kappa shape index (κ2) is 11.4. The quantitative estimate of drug-likeness (QED) is 0.327. The van der Waals surface area contributed by atoms with Gasteiger partial charge in [0, 0.05) is 36.3 Å². The lowest BCUT2D eigenvalue weighted by Gasteiger charge is -2.21. The first-order chi connectivity index (χ1) is 19.8. The van der Waals surface area contributed by atoms with Crippen LogP contribution in [0.15, 0.2) is 65.1 Å². The van der Waals surface area contributed by atoms with Crippen LogP contribution in [0, 0.1) is 0 Å². The number of hydrogen-bond donors (Lipinski definition) is 1. The number of aromatic nitrogens is 3. The van der Waals surface area contributed by atoms with Crippen LogP contribution in [0.2, 0.25) is 0 Å². The zero-order chi connectivity index (χ0) is 29.3. The van der Waals surface area contributed by atoms with Crippen molar-refractivity contribution < 1.29 is 23.4 Å². The Morgan fingerprint density at radius 2 is 1.83 bits per heavy atom. The fourth-order valence-electron chi connectivity index (χ4n) is 5.12. The molecule has 212 valence electrons. The molecule has 2 heterocycles. The average Bonchev–Trinajstić information content (AvgIpc) is 2.99. The van der Waals surface area contributed by atoms with Gasteiger partial charge in [-0.2, -0.15) is 0 Å². The number of fused-ring (bicyclic) bond motifs is 2. The van der Waals surface area contributed by atoms with Crippen molar-refractivity contribution in [2.45, 2.75) is 39.2 Å². The smallest absolute Gasteiger partial charge is 0.261 e. The number of carbonyl (C=O) groups is 1. The number of nitrogens with zero attached hydrogens (tertiary/aromatic N) is 3. The number of rotatable bonds is 8. The third-order valence-corrected chi connectivity index (χ3v) is 7.33. The highest BCUT2D eigenvalue weighted by molar-refractivity contribution is 6.00. The molecule has 0 bridgehead atoms. The second-order valence-electron chi connectivity index (χ2n) is 9.66. The Balaban J connectivity index is 1.40. The Hall–Kier alpha value is -4.73. The highest BCUT2D eigenvalue weighted by atomic mass is 19.1. The minimum atomic E-state index is -0.964. The van der Waals surface area contributed by atoms with Crippen molar-refractivity contribution in [2.24, 2.45) is 7.05 Å². The molecule has 0 radical (unpaired) electrons. The minimum absolute atomic E-state index is 0.0562. The van der Waals surface area contributed by atoms with E-state index >= 15 is 4.39 Å². The van der Waals surface area contributed by atoms with Crippen molar-refractivity contribution in [2.75, 3.05) is 14.2 Å². The predicted octanol–water partition coefficient (Wildman–Crippen LogP) is 4.94. The Bertz CT molecular complexity index is 1790. The van der Waals surface area contributed by atoms with Gasteiger partial charge in [-0.3, -0.25) is 9.59 Å². The number of hydrogen-bond acceptors (Lipinski definition) is 7. The molecule has 1 aliphatic rings. The van der Waals surface area contributed by atoms with Crippen molar-refractivity contribution >= 4 is 27.7 Å². The Labute approximate surface area is 236 Å². The molecule has 1 N–H and O–H groups in total. The number of amides is 1. The Kier molecular flexibility index (Phi) is 7.74. The monoisotopic (exact) mass is 558 g/mol. The molecule has 1 atom stereocenters. The summed E-state index contributed by atoms with van der Waals surface area (Å²) >= 11 is 0. The van der Waals surface area contributed by atoms with Crippen LogP contribution in [-0.2, 0) is 19.9 Å². The maximum atomic E-state index is 15.3. The summed E-state index contributed by atoms with van der Waals surface area (Å²) in [6.07, 6.45) is 4.59. The number of ether oxygens (including phenoxy) is 3. The maximum Gasteiger partial charge on any atom is 0.261 e. The van der Waals surface area contributed by atoms with E-state index in [-0.39, 0.29) is 29.0 Å². The Morgan fingerprint density at radius 3 is 2.51 bits per heavy atom. The summed E-state index contributed by atoms with van der Waals surface area (Å²) < 4.78 is 33.8. The molecular formula is C31H31FN4O5. The van der Waals surface area contributed by atoms with Crippen molar-refractivity contribution in [1.29, 1.82) is 0 Å². The van der Waals surface area contributed by atoms with E-state index in [0.29, 0.717) is 39.9 Å². The standard InChI is InChI=1S/C31H31FN4O5/c1-6-17-8-10-24-20(12-17)29(37)28(23(7-2)36(24)3)30(38)35-18-9-11-25(21(32)13-18)41-31-19-14-26(39-4)27(40-5)15-22(19)33-16-34-31/h8-10,12-16,25H,6-7,11H2,1-5H3,(H,35,38). The molecule has 0 saturated heterocycles. The summed E-state index contributed by atoms with van der Waals surface area (Å²) in [4.78, 5) is 35.3. The van der Waals surface area contributed by atoms with E-state index in [1.807, 2.05) is 43.7 Å². The van der Waals surface area contributed by atoms with E-state index in [1.165, 1.54) is 26.6 Å². The molecule has 9 nitrogen and oxygen atoms in total. The number of carbonyl (C=O) groups excluding carboxylic acids is 1. The van der Waals surface area contributed by atoms with E-state index in [0.717, 1.165) is 17.5 Å². The molecule has 1 unspecified atom stereocenters. The van der Waals surface area contributed by atoms with Crippen LogP contribution in [0.4, 0.5) is 4.39 Å². The van der Waals surface area contributed by atoms with E-state index in [2.05, 4.69) is 15.3 Å². The summed E-state index contributed by atoms with van der Waals surface area (Å²) in [5.41, 5.74) is 2.88. The minimum Gasteiger partial charge on any atom is -0.493 e. The summed E-state index contributed by atoms with van der Waals surface area (Å²) in [5, 5.41) is 3.74. The lowest BCUT2D eigenvalue weighted by atomic mass is 10.0. The molecule has 0 spiro atoms. The lowest BCUT2D eigenvalue weighted by molar-refractivity contribution is 0.0963. The average molecular weight is 559 g/mol. The van der Waals surface area contributed by atoms with Gasteiger partial charge in [0.05, 0.1) is 30.6 Å². The molecule has 1 amide bonds. The van der Waals surface area contributed by atoms with Gasteiger partial charge >= 0.3 is 0 Å². The van der Waals surface area contributed by atoms with E-state index in [1.54, 1.807) is 18.2 Å². The van der Waals surface area contributed by atoms with Crippen LogP contribution in [0.5, 0.6) is 17.4 Å². The third kappa shape index (κ3) is 5.13. The van der Waals surface area contributed by atoms with Crippen LogP contribution >= 0.6 is 0 Å². The molecule has 5 rings (SSSR count). The Morgan fingerprint density at radius 1 is 1.07 bits per heavy atom. The fraction of sp³-hybridized carbons (Fsp3) is 0.290. The van der Waals surface area contributed by atoms with Gasteiger partial charge in [0.1, 0.15) is 17.7 Å². The van der Waals surface area contributed by atoms with E-state index in [4.69, 9.17) is 14.2 Å². The summed E-state index contributed by atoms with van der Waals surface area (Å²) in [6.45, 7) is 3.90. The topological polar surface area (TPSA) is 105 Å². The molecule has 2 aromatic heterocycles. The summed E-state index contributed by atoms with van der Waals surface area (Å²) in [6, 6.07) is 9.09. The molecule has 0 aliphatic heterocycles. The number of benzene rings is 2. The van der Waals surface area contributed by atoms with Gasteiger partial charge in [-0.1, -0.05) is 26.0 Å². The van der Waals surface area contributed by atoms with Crippen molar-refractivity contribution in [3.63, 3.8) is 0 Å². The number of allylic oxidation sites excluding steroid dienone is 1. The highest BCUT2D eigenvalue weighted by Crippen LogP contribution is 2.35. The van der Waals surface area contributed by atoms with Crippen LogP contribution in [0.25, 0.3) is 21.8 Å². The lowest BCUT2D eigenvalue weighted by Crippen LogP contribution is -2.33. The summed E-state index contributed by atoms with van der Waals surface area (Å²) in [5.74, 6) is -0.0333. The first kappa shape index (κ1) is 27.8. The first-order valence-electron chi connectivity index (χ1n) is 13.4. The van der Waals surface area contributed by atoms with Crippen molar-refractivity contribution in [1.82, 2.24) is 19.9 Å². The van der Waals surface area contributed by atoms with Crippen LogP contribution < -0.4 is 25.0 Å². The second-order valence-corrected chi connectivity index (χ2v) is 9.66. The molecule has 1 aliphatic carbocycles. The van der Waals surface area contributed by atoms with E-state index < -0.39 is 17.8 Å². The van der Waals surface area contributed by atoms with Crippen LogP contribution in [-0.4, -0.2) is 40.8 Å². The summed E-state index contributed by atoms with van der Waals surface area (Å²) in [7, 11) is 4.88. The number of nitrogens with one attached hydrogen (secondary N) is 1. The van der Waals surface area contributed by atoms with E-state index in [9.17, 15) is 9.59 Å². The van der Waals surface area contributed by atoms with Gasteiger partial charge in [-0.25, -0.2) is 14.4 Å². The SMILES string of the molecule is CCc1ccc2c(c1)c(=O)c(C(=O)NC1=CCC(Oc3ncnc4cc(OC)c(OC)cc34)C(F)=C1)c(CC)n2C. The third-order valence-electron chi connectivity index (χ3n) is 7.33. The maximum absolute atomic E-state index is 15.3. The normalized spacial score (nSPS) is 14.9. The molecular weight excluding hydrogens is 527 g/mol. The van der Waals surface area contributed by atoms with Gasteiger partial charge in [0.2, 0.25) is 11.3 Å². The molecule has 41 heavy (non-hydrogen) atoms.